The highest BCUT2D eigenvalue weighted by Crippen LogP contribution is 2.25. The quantitative estimate of drug-likeness (QED) is 0.556. The molecule has 2 heterocycles. The normalized spacial score (nSPS) is 12.7. The van der Waals surface area contributed by atoms with Gasteiger partial charge in [0.25, 0.3) is 0 Å². The molecule has 3 aromatic rings. The summed E-state index contributed by atoms with van der Waals surface area (Å²) in [6, 6.07) is 13.8. The molecule has 19 heavy (non-hydrogen) atoms. The van der Waals surface area contributed by atoms with Crippen LogP contribution in [0.1, 0.15) is 23.1 Å². The smallest absolute Gasteiger partial charge is 0.126 e. The minimum Gasteiger partial charge on any atom is -0.464 e. The monoisotopic (exact) mass is 253 g/mol. The zero-order chi connectivity index (χ0) is 13.2. The third-order valence-electron chi connectivity index (χ3n) is 3.18. The summed E-state index contributed by atoms with van der Waals surface area (Å²) in [5.41, 5.74) is 4.77. The lowest BCUT2D eigenvalue weighted by atomic mass is 10.0. The van der Waals surface area contributed by atoms with Crippen molar-refractivity contribution in [1.29, 1.82) is 0 Å². The summed E-state index contributed by atoms with van der Waals surface area (Å²) in [5, 5.41) is 1.11. The minimum absolute atomic E-state index is 0.167. The average molecular weight is 253 g/mol. The maximum Gasteiger partial charge on any atom is 0.126 e. The second kappa shape index (κ2) is 4.84. The van der Waals surface area contributed by atoms with Crippen LogP contribution in [0.4, 0.5) is 0 Å². The van der Waals surface area contributed by atoms with E-state index in [-0.39, 0.29) is 6.04 Å². The highest BCUT2D eigenvalue weighted by molar-refractivity contribution is 5.79. The lowest BCUT2D eigenvalue weighted by Crippen LogP contribution is -2.28. The van der Waals surface area contributed by atoms with Gasteiger partial charge in [-0.3, -0.25) is 10.8 Å². The van der Waals surface area contributed by atoms with E-state index in [1.54, 1.807) is 6.20 Å². The number of furan rings is 1. The number of aryl methyl sites for hydroxylation is 1. The predicted octanol–water partition coefficient (Wildman–Crippen LogP) is 2.69. The summed E-state index contributed by atoms with van der Waals surface area (Å²) < 4.78 is 5.64. The molecular weight excluding hydrogens is 238 g/mol. The number of aromatic nitrogens is 1. The lowest BCUT2D eigenvalue weighted by molar-refractivity contribution is 0.435. The fourth-order valence-corrected chi connectivity index (χ4v) is 2.21. The fourth-order valence-electron chi connectivity index (χ4n) is 2.21. The Bertz CT molecular complexity index is 705. The van der Waals surface area contributed by atoms with E-state index in [1.807, 2.05) is 49.4 Å². The molecule has 0 amide bonds. The Hall–Kier alpha value is -2.17. The van der Waals surface area contributed by atoms with Gasteiger partial charge in [-0.25, -0.2) is 5.43 Å². The summed E-state index contributed by atoms with van der Waals surface area (Å²) in [4.78, 5) is 4.36. The van der Waals surface area contributed by atoms with Crippen LogP contribution < -0.4 is 11.3 Å². The molecule has 96 valence electrons. The first kappa shape index (κ1) is 11.9. The van der Waals surface area contributed by atoms with E-state index in [9.17, 15) is 0 Å². The summed E-state index contributed by atoms with van der Waals surface area (Å²) in [6.07, 6.45) is 1.79. The molecule has 0 aliphatic rings. The van der Waals surface area contributed by atoms with Crippen molar-refractivity contribution in [3.8, 4) is 0 Å². The highest BCUT2D eigenvalue weighted by Gasteiger charge is 2.16. The molecule has 4 nitrogen and oxygen atoms in total. The van der Waals surface area contributed by atoms with Gasteiger partial charge in [0.05, 0.1) is 5.52 Å². The molecule has 1 atom stereocenters. The lowest BCUT2D eigenvalue weighted by Gasteiger charge is -2.14. The number of nitrogens with zero attached hydrogens (tertiary/aromatic N) is 1. The standard InChI is InChI=1S/C15H15N3O/c1-10-4-7-14(19-10)15(18-16)12-6-5-11-3-2-8-17-13(11)9-12/h2-9,15,18H,16H2,1H3. The number of benzene rings is 1. The van der Waals surface area contributed by atoms with Crippen LogP contribution in [0.2, 0.25) is 0 Å². The van der Waals surface area contributed by atoms with Gasteiger partial charge in [-0.1, -0.05) is 18.2 Å². The second-order valence-corrected chi connectivity index (χ2v) is 4.50. The third kappa shape index (κ3) is 2.23. The number of hydrogen-bond acceptors (Lipinski definition) is 4. The first-order valence-corrected chi connectivity index (χ1v) is 6.15. The van der Waals surface area contributed by atoms with E-state index >= 15 is 0 Å². The number of hydrazine groups is 1. The largest absolute Gasteiger partial charge is 0.464 e. The number of nitrogens with two attached hydrogens (primary N) is 1. The molecule has 0 spiro atoms. The van der Waals surface area contributed by atoms with Gasteiger partial charge >= 0.3 is 0 Å². The van der Waals surface area contributed by atoms with E-state index in [2.05, 4.69) is 10.4 Å². The van der Waals surface area contributed by atoms with Crippen LogP contribution in [-0.2, 0) is 0 Å². The molecule has 1 unspecified atom stereocenters. The first-order chi connectivity index (χ1) is 9.28. The Balaban J connectivity index is 2.06. The maximum absolute atomic E-state index is 5.66. The van der Waals surface area contributed by atoms with E-state index in [0.717, 1.165) is 28.0 Å². The van der Waals surface area contributed by atoms with Gasteiger partial charge in [-0.05, 0) is 36.8 Å². The van der Waals surface area contributed by atoms with E-state index in [1.165, 1.54) is 0 Å². The van der Waals surface area contributed by atoms with Crippen LogP contribution in [0.5, 0.6) is 0 Å². The van der Waals surface area contributed by atoms with Crippen molar-refractivity contribution in [2.75, 3.05) is 0 Å². The molecule has 1 aromatic carbocycles. The Kier molecular flexibility index (Phi) is 3.03. The van der Waals surface area contributed by atoms with E-state index < -0.39 is 0 Å². The Morgan fingerprint density at radius 3 is 2.84 bits per heavy atom. The summed E-state index contributed by atoms with van der Waals surface area (Å²) in [5.74, 6) is 7.33. The van der Waals surface area contributed by atoms with Crippen molar-refractivity contribution in [2.45, 2.75) is 13.0 Å². The number of fused-ring (bicyclic) bond motifs is 1. The van der Waals surface area contributed by atoms with Crippen molar-refractivity contribution in [3.63, 3.8) is 0 Å². The zero-order valence-electron chi connectivity index (χ0n) is 10.6. The van der Waals surface area contributed by atoms with Gasteiger partial charge < -0.3 is 4.42 Å². The molecule has 0 aliphatic heterocycles. The SMILES string of the molecule is Cc1ccc(C(NN)c2ccc3cccnc3c2)o1. The number of nitrogens with one attached hydrogen (secondary N) is 1. The van der Waals surface area contributed by atoms with E-state index in [0.29, 0.717) is 0 Å². The van der Waals surface area contributed by atoms with Crippen molar-refractivity contribution < 1.29 is 4.42 Å². The Labute approximate surface area is 111 Å². The fraction of sp³-hybridized carbons (Fsp3) is 0.133. The average Bonchev–Trinajstić information content (AvgIpc) is 2.86. The van der Waals surface area contributed by atoms with Gasteiger partial charge in [-0.2, -0.15) is 0 Å². The molecule has 3 rings (SSSR count). The topological polar surface area (TPSA) is 64.1 Å². The third-order valence-corrected chi connectivity index (χ3v) is 3.18. The summed E-state index contributed by atoms with van der Waals surface area (Å²) in [7, 11) is 0. The molecule has 4 heteroatoms. The molecule has 0 saturated carbocycles. The van der Waals surface area contributed by atoms with Crippen molar-refractivity contribution in [3.05, 3.63) is 65.7 Å². The minimum atomic E-state index is -0.167. The van der Waals surface area contributed by atoms with Crippen LogP contribution in [-0.4, -0.2) is 4.98 Å². The first-order valence-electron chi connectivity index (χ1n) is 6.15. The molecule has 2 aromatic heterocycles. The molecular formula is C15H15N3O. The van der Waals surface area contributed by atoms with Gasteiger partial charge in [0.1, 0.15) is 17.6 Å². The Morgan fingerprint density at radius 2 is 2.11 bits per heavy atom. The summed E-state index contributed by atoms with van der Waals surface area (Å²) >= 11 is 0. The predicted molar refractivity (Wildman–Crippen MR) is 74.4 cm³/mol. The molecule has 0 fully saturated rings. The second-order valence-electron chi connectivity index (χ2n) is 4.50. The molecule has 3 N–H and O–H groups in total. The molecule has 0 radical (unpaired) electrons. The van der Waals surface area contributed by atoms with Gasteiger partial charge in [0, 0.05) is 11.6 Å². The van der Waals surface area contributed by atoms with Crippen LogP contribution in [0.25, 0.3) is 10.9 Å². The Morgan fingerprint density at radius 1 is 1.21 bits per heavy atom. The van der Waals surface area contributed by atoms with E-state index in [4.69, 9.17) is 10.3 Å². The van der Waals surface area contributed by atoms with Crippen molar-refractivity contribution >= 4 is 10.9 Å². The number of rotatable bonds is 3. The molecule has 0 saturated heterocycles. The van der Waals surface area contributed by atoms with Gasteiger partial charge in [0.2, 0.25) is 0 Å². The van der Waals surface area contributed by atoms with Crippen LogP contribution in [0.3, 0.4) is 0 Å². The van der Waals surface area contributed by atoms with Crippen molar-refractivity contribution in [1.82, 2.24) is 10.4 Å². The van der Waals surface area contributed by atoms with Gasteiger partial charge in [-0.15, -0.1) is 0 Å². The van der Waals surface area contributed by atoms with Crippen LogP contribution in [0, 0.1) is 6.92 Å². The molecule has 0 bridgehead atoms. The molecule has 0 aliphatic carbocycles. The number of pyridine rings is 1. The van der Waals surface area contributed by atoms with Crippen LogP contribution >= 0.6 is 0 Å². The highest BCUT2D eigenvalue weighted by atomic mass is 16.3. The van der Waals surface area contributed by atoms with Crippen molar-refractivity contribution in [2.24, 2.45) is 5.84 Å². The van der Waals surface area contributed by atoms with Crippen LogP contribution in [0.15, 0.2) is 53.1 Å². The van der Waals surface area contributed by atoms with Gasteiger partial charge in [0.15, 0.2) is 0 Å². The summed E-state index contributed by atoms with van der Waals surface area (Å²) in [6.45, 7) is 1.92. The maximum atomic E-state index is 5.66. The zero-order valence-corrected chi connectivity index (χ0v) is 10.6. The number of hydrogen-bond donors (Lipinski definition) is 2.